The number of benzene rings is 1. The second-order valence-corrected chi connectivity index (χ2v) is 3.30. The first-order valence-electron chi connectivity index (χ1n) is 4.52. The number of hydrogen-bond donors (Lipinski definition) is 1. The number of aryl methyl sites for hydroxylation is 1. The summed E-state index contributed by atoms with van der Waals surface area (Å²) in [7, 11) is 1.37. The molecule has 1 unspecified atom stereocenters. The van der Waals surface area contributed by atoms with Crippen molar-refractivity contribution in [3.8, 4) is 0 Å². The zero-order valence-corrected chi connectivity index (χ0v) is 8.49. The van der Waals surface area contributed by atoms with Gasteiger partial charge in [0.2, 0.25) is 0 Å². The van der Waals surface area contributed by atoms with Gasteiger partial charge in [-0.15, -0.1) is 0 Å². The Morgan fingerprint density at radius 3 is 2.50 bits per heavy atom. The third-order valence-electron chi connectivity index (χ3n) is 2.12. The predicted molar refractivity (Wildman–Crippen MR) is 54.7 cm³/mol. The molecule has 0 heterocycles. The Morgan fingerprint density at radius 2 is 2.00 bits per heavy atom. The number of methoxy groups -OCH3 is 1. The van der Waals surface area contributed by atoms with E-state index in [0.717, 1.165) is 5.56 Å². The number of carbonyl (C=O) groups is 1. The zero-order valence-electron chi connectivity index (χ0n) is 8.49. The van der Waals surface area contributed by atoms with Crippen LogP contribution < -0.4 is 5.73 Å². The second-order valence-electron chi connectivity index (χ2n) is 3.30. The molecule has 0 spiro atoms. The van der Waals surface area contributed by atoms with Gasteiger partial charge in [0.15, 0.2) is 0 Å². The minimum absolute atomic E-state index is 0.222. The quantitative estimate of drug-likeness (QED) is 0.741. The van der Waals surface area contributed by atoms with Gasteiger partial charge in [0.05, 0.1) is 13.5 Å². The number of nitrogens with two attached hydrogens (primary N) is 1. The van der Waals surface area contributed by atoms with Crippen molar-refractivity contribution in [2.75, 3.05) is 7.11 Å². The molecule has 2 N–H and O–H groups in total. The standard InChI is InChI=1S/C11H15NO2/c1-8-3-5-9(6-4-8)10(12)7-11(13)14-2/h3-6,10H,7,12H2,1-2H3. The van der Waals surface area contributed by atoms with Gasteiger partial charge < -0.3 is 10.5 Å². The maximum absolute atomic E-state index is 11.0. The van der Waals surface area contributed by atoms with Crippen LogP contribution in [0.5, 0.6) is 0 Å². The summed E-state index contributed by atoms with van der Waals surface area (Å²) in [5, 5.41) is 0. The molecule has 0 bridgehead atoms. The van der Waals surface area contributed by atoms with Crippen molar-refractivity contribution in [2.24, 2.45) is 5.73 Å². The van der Waals surface area contributed by atoms with Crippen LogP contribution in [-0.4, -0.2) is 13.1 Å². The van der Waals surface area contributed by atoms with E-state index in [1.807, 2.05) is 31.2 Å². The molecule has 0 fully saturated rings. The number of carbonyl (C=O) groups excluding carboxylic acids is 1. The first-order valence-corrected chi connectivity index (χ1v) is 4.52. The third-order valence-corrected chi connectivity index (χ3v) is 2.12. The highest BCUT2D eigenvalue weighted by molar-refractivity contribution is 5.70. The summed E-state index contributed by atoms with van der Waals surface area (Å²) in [5.74, 6) is -0.280. The van der Waals surface area contributed by atoms with E-state index in [1.54, 1.807) is 0 Å². The lowest BCUT2D eigenvalue weighted by Gasteiger charge is -2.10. The topological polar surface area (TPSA) is 52.3 Å². The van der Waals surface area contributed by atoms with Crippen molar-refractivity contribution < 1.29 is 9.53 Å². The van der Waals surface area contributed by atoms with Crippen LogP contribution in [0.1, 0.15) is 23.6 Å². The predicted octanol–water partition coefficient (Wildman–Crippen LogP) is 1.56. The summed E-state index contributed by atoms with van der Waals surface area (Å²) in [6, 6.07) is 7.55. The molecule has 0 aliphatic rings. The van der Waals surface area contributed by atoms with Gasteiger partial charge in [-0.1, -0.05) is 29.8 Å². The molecule has 0 aliphatic carbocycles. The van der Waals surface area contributed by atoms with Crippen LogP contribution in [0, 0.1) is 6.92 Å². The van der Waals surface area contributed by atoms with E-state index >= 15 is 0 Å². The summed E-state index contributed by atoms with van der Waals surface area (Å²) in [4.78, 5) is 11.0. The van der Waals surface area contributed by atoms with Crippen molar-refractivity contribution in [1.82, 2.24) is 0 Å². The number of hydrogen-bond acceptors (Lipinski definition) is 3. The highest BCUT2D eigenvalue weighted by atomic mass is 16.5. The van der Waals surface area contributed by atoms with Crippen LogP contribution >= 0.6 is 0 Å². The summed E-state index contributed by atoms with van der Waals surface area (Å²) in [5.41, 5.74) is 7.96. The normalized spacial score (nSPS) is 12.2. The molecule has 1 rings (SSSR count). The van der Waals surface area contributed by atoms with Gasteiger partial charge in [-0.3, -0.25) is 4.79 Å². The summed E-state index contributed by atoms with van der Waals surface area (Å²) in [6.07, 6.45) is 0.222. The molecule has 1 atom stereocenters. The average Bonchev–Trinajstić information content (AvgIpc) is 2.18. The largest absolute Gasteiger partial charge is 0.469 e. The fraction of sp³-hybridized carbons (Fsp3) is 0.364. The smallest absolute Gasteiger partial charge is 0.307 e. The van der Waals surface area contributed by atoms with Gasteiger partial charge in [0.25, 0.3) is 0 Å². The summed E-state index contributed by atoms with van der Waals surface area (Å²) in [6.45, 7) is 2.01. The minimum atomic E-state index is -0.280. The molecule has 0 aliphatic heterocycles. The van der Waals surface area contributed by atoms with E-state index in [0.29, 0.717) is 0 Å². The lowest BCUT2D eigenvalue weighted by Crippen LogP contribution is -2.16. The Morgan fingerprint density at radius 1 is 1.43 bits per heavy atom. The lowest BCUT2D eigenvalue weighted by atomic mass is 10.0. The molecule has 0 saturated heterocycles. The molecule has 0 radical (unpaired) electrons. The van der Waals surface area contributed by atoms with Crippen LogP contribution in [0.15, 0.2) is 24.3 Å². The van der Waals surface area contributed by atoms with Gasteiger partial charge in [0.1, 0.15) is 0 Å². The first-order chi connectivity index (χ1) is 6.63. The van der Waals surface area contributed by atoms with E-state index in [-0.39, 0.29) is 18.4 Å². The van der Waals surface area contributed by atoms with Gasteiger partial charge in [-0.25, -0.2) is 0 Å². The van der Waals surface area contributed by atoms with Crippen LogP contribution in [0.2, 0.25) is 0 Å². The molecule has 0 saturated carbocycles. The second kappa shape index (κ2) is 4.77. The Hall–Kier alpha value is -1.35. The first kappa shape index (κ1) is 10.7. The molecule has 1 aromatic rings. The molecular formula is C11H15NO2. The van der Waals surface area contributed by atoms with Gasteiger partial charge in [-0.2, -0.15) is 0 Å². The summed E-state index contributed by atoms with van der Waals surface area (Å²) < 4.78 is 4.55. The molecule has 76 valence electrons. The molecule has 0 amide bonds. The monoisotopic (exact) mass is 193 g/mol. The molecule has 1 aromatic carbocycles. The van der Waals surface area contributed by atoms with E-state index in [2.05, 4.69) is 4.74 Å². The van der Waals surface area contributed by atoms with Crippen LogP contribution in [-0.2, 0) is 9.53 Å². The molecular weight excluding hydrogens is 178 g/mol. The van der Waals surface area contributed by atoms with Crippen molar-refractivity contribution in [2.45, 2.75) is 19.4 Å². The fourth-order valence-electron chi connectivity index (χ4n) is 1.19. The zero-order chi connectivity index (χ0) is 10.6. The molecule has 0 aromatic heterocycles. The van der Waals surface area contributed by atoms with Gasteiger partial charge in [0, 0.05) is 6.04 Å². The highest BCUT2D eigenvalue weighted by Gasteiger charge is 2.10. The number of ether oxygens (including phenoxy) is 1. The third kappa shape index (κ3) is 2.85. The molecule has 3 heteroatoms. The van der Waals surface area contributed by atoms with E-state index in [9.17, 15) is 4.79 Å². The Bertz CT molecular complexity index is 306. The Labute approximate surface area is 83.9 Å². The van der Waals surface area contributed by atoms with Crippen molar-refractivity contribution >= 4 is 5.97 Å². The summed E-state index contributed by atoms with van der Waals surface area (Å²) >= 11 is 0. The Kier molecular flexibility index (Phi) is 3.65. The Balaban J connectivity index is 2.65. The average molecular weight is 193 g/mol. The highest BCUT2D eigenvalue weighted by Crippen LogP contribution is 2.14. The van der Waals surface area contributed by atoms with Crippen LogP contribution in [0.4, 0.5) is 0 Å². The molecule has 3 nitrogen and oxygen atoms in total. The van der Waals surface area contributed by atoms with Crippen molar-refractivity contribution in [1.29, 1.82) is 0 Å². The van der Waals surface area contributed by atoms with Gasteiger partial charge >= 0.3 is 5.97 Å². The lowest BCUT2D eigenvalue weighted by molar-refractivity contribution is -0.141. The fourth-order valence-corrected chi connectivity index (χ4v) is 1.19. The minimum Gasteiger partial charge on any atom is -0.469 e. The van der Waals surface area contributed by atoms with Gasteiger partial charge in [-0.05, 0) is 12.5 Å². The van der Waals surface area contributed by atoms with E-state index in [1.165, 1.54) is 12.7 Å². The number of rotatable bonds is 3. The van der Waals surface area contributed by atoms with E-state index < -0.39 is 0 Å². The molecule has 14 heavy (non-hydrogen) atoms. The van der Waals surface area contributed by atoms with Crippen molar-refractivity contribution in [3.05, 3.63) is 35.4 Å². The number of esters is 1. The van der Waals surface area contributed by atoms with Crippen molar-refractivity contribution in [3.63, 3.8) is 0 Å². The SMILES string of the molecule is COC(=O)CC(N)c1ccc(C)cc1. The van der Waals surface area contributed by atoms with E-state index in [4.69, 9.17) is 5.73 Å². The van der Waals surface area contributed by atoms with Crippen LogP contribution in [0.25, 0.3) is 0 Å². The maximum atomic E-state index is 11.0. The van der Waals surface area contributed by atoms with Crippen LogP contribution in [0.3, 0.4) is 0 Å². The maximum Gasteiger partial charge on any atom is 0.307 e.